The van der Waals surface area contributed by atoms with E-state index in [4.69, 9.17) is 11.6 Å². The average Bonchev–Trinajstić information content (AvgIpc) is 3.26. The molecule has 1 aliphatic carbocycles. The van der Waals surface area contributed by atoms with Gasteiger partial charge in [-0.25, -0.2) is 12.8 Å². The Kier molecular flexibility index (Phi) is 3.94. The Hall–Kier alpha value is -2.23. The number of rotatable bonds is 4. The van der Waals surface area contributed by atoms with Crippen molar-refractivity contribution in [3.63, 3.8) is 0 Å². The fourth-order valence-electron chi connectivity index (χ4n) is 3.03. The predicted molar refractivity (Wildman–Crippen MR) is 85.7 cm³/mol. The van der Waals surface area contributed by atoms with Gasteiger partial charge in [-0.2, -0.15) is 5.26 Å². The first kappa shape index (κ1) is 16.6. The van der Waals surface area contributed by atoms with Crippen LogP contribution in [0.15, 0.2) is 53.4 Å². The summed E-state index contributed by atoms with van der Waals surface area (Å²) < 4.78 is 39.2. The molecule has 0 spiro atoms. The number of carbonyl (C=O) groups is 1. The van der Waals surface area contributed by atoms with Gasteiger partial charge in [0.2, 0.25) is 0 Å². The highest BCUT2D eigenvalue weighted by atomic mass is 35.5. The Labute approximate surface area is 143 Å². The third-order valence-corrected chi connectivity index (χ3v) is 6.76. The first-order chi connectivity index (χ1) is 11.4. The van der Waals surface area contributed by atoms with E-state index in [9.17, 15) is 22.9 Å². The molecule has 122 valence electrons. The lowest BCUT2D eigenvalue weighted by atomic mass is 10.0. The number of sulfone groups is 1. The third-order valence-electron chi connectivity index (χ3n) is 4.25. The molecule has 0 radical (unpaired) electrons. The number of benzene rings is 2. The van der Waals surface area contributed by atoms with Gasteiger partial charge in [0.05, 0.1) is 11.0 Å². The van der Waals surface area contributed by atoms with Crippen molar-refractivity contribution >= 4 is 27.7 Å². The zero-order valence-corrected chi connectivity index (χ0v) is 13.8. The number of aldehydes is 1. The minimum absolute atomic E-state index is 0.0303. The molecular weight excluding hydrogens is 353 g/mol. The summed E-state index contributed by atoms with van der Waals surface area (Å²) in [5, 5.41) is 8.54. The second-order valence-electron chi connectivity index (χ2n) is 5.61. The molecule has 3 rings (SSSR count). The number of nitriles is 1. The molecule has 3 atom stereocenters. The summed E-state index contributed by atoms with van der Waals surface area (Å²) >= 11 is 5.76. The van der Waals surface area contributed by atoms with Crippen LogP contribution < -0.4 is 0 Å². The van der Waals surface area contributed by atoms with E-state index in [1.807, 2.05) is 6.07 Å². The van der Waals surface area contributed by atoms with E-state index < -0.39 is 32.2 Å². The van der Waals surface area contributed by atoms with Crippen LogP contribution in [-0.4, -0.2) is 20.0 Å². The summed E-state index contributed by atoms with van der Waals surface area (Å²) in [5.74, 6) is -1.46. The van der Waals surface area contributed by atoms with E-state index in [0.29, 0.717) is 16.9 Å². The molecule has 0 amide bonds. The number of hydrogen-bond donors (Lipinski definition) is 0. The van der Waals surface area contributed by atoms with Crippen LogP contribution in [-0.2, 0) is 14.6 Å². The predicted octanol–water partition coefficient (Wildman–Crippen LogP) is 3.13. The third kappa shape index (κ3) is 2.41. The topological polar surface area (TPSA) is 75.0 Å². The van der Waals surface area contributed by atoms with Crippen LogP contribution >= 0.6 is 11.6 Å². The van der Waals surface area contributed by atoms with Crippen molar-refractivity contribution < 1.29 is 17.6 Å². The highest BCUT2D eigenvalue weighted by Gasteiger charge is 2.72. The molecule has 0 N–H and O–H groups in total. The first-order valence-corrected chi connectivity index (χ1v) is 8.92. The van der Waals surface area contributed by atoms with Crippen LogP contribution in [0.2, 0.25) is 5.02 Å². The number of hydrogen-bond acceptors (Lipinski definition) is 4. The largest absolute Gasteiger partial charge is 0.302 e. The molecular formula is C17H11ClFNO3S. The Bertz CT molecular complexity index is 953. The second-order valence-corrected chi connectivity index (χ2v) is 8.12. The van der Waals surface area contributed by atoms with Crippen molar-refractivity contribution in [2.45, 2.75) is 16.1 Å². The molecule has 0 aliphatic heterocycles. The summed E-state index contributed by atoms with van der Waals surface area (Å²) in [6, 6.07) is 12.6. The fraction of sp³-hybridized carbons (Fsp3) is 0.176. The molecule has 4 nitrogen and oxygen atoms in total. The lowest BCUT2D eigenvalue weighted by molar-refractivity contribution is -0.110. The molecule has 0 heterocycles. The van der Waals surface area contributed by atoms with Gasteiger partial charge in [-0.15, -0.1) is 0 Å². The minimum Gasteiger partial charge on any atom is -0.302 e. The fourth-order valence-corrected chi connectivity index (χ4v) is 5.40. The number of halogens is 2. The molecule has 2 aromatic rings. The van der Waals surface area contributed by atoms with Crippen molar-refractivity contribution in [3.8, 4) is 6.07 Å². The van der Waals surface area contributed by atoms with Gasteiger partial charge in [0, 0.05) is 10.9 Å². The van der Waals surface area contributed by atoms with Gasteiger partial charge in [-0.05, 0) is 42.0 Å². The molecule has 0 unspecified atom stereocenters. The molecule has 24 heavy (non-hydrogen) atoms. The molecule has 7 heteroatoms. The maximum absolute atomic E-state index is 13.5. The lowest BCUT2D eigenvalue weighted by Crippen LogP contribution is -2.16. The second kappa shape index (κ2) is 5.69. The maximum atomic E-state index is 13.5. The highest BCUT2D eigenvalue weighted by molar-refractivity contribution is 7.92. The standard InChI is InChI=1S/C17H11ClFNO3S/c18-12-4-6-14(7-5-12)24(22,23)16-15(17(16,9-20)10-21)11-2-1-3-13(19)8-11/h1-8,10,15-16H/t15-,16+,17+/m1/s1. The number of carbonyl (C=O) groups excluding carboxylic acids is 1. The Morgan fingerprint density at radius 2 is 1.88 bits per heavy atom. The Morgan fingerprint density at radius 1 is 1.21 bits per heavy atom. The van der Waals surface area contributed by atoms with Crippen molar-refractivity contribution in [1.82, 2.24) is 0 Å². The van der Waals surface area contributed by atoms with Gasteiger partial charge in [0.15, 0.2) is 9.84 Å². The van der Waals surface area contributed by atoms with Crippen molar-refractivity contribution in [3.05, 3.63) is 64.9 Å². The zero-order chi connectivity index (χ0) is 17.5. The zero-order valence-electron chi connectivity index (χ0n) is 12.2. The molecule has 0 aromatic heterocycles. The summed E-state index contributed by atoms with van der Waals surface area (Å²) in [6.45, 7) is 0. The van der Waals surface area contributed by atoms with E-state index in [2.05, 4.69) is 0 Å². The van der Waals surface area contributed by atoms with Crippen LogP contribution in [0.3, 0.4) is 0 Å². The van der Waals surface area contributed by atoms with Gasteiger partial charge in [-0.3, -0.25) is 0 Å². The SMILES string of the molecule is N#C[C@]1(C=O)[C@H](c2cccc(F)c2)[C@@H]1S(=O)(=O)c1ccc(Cl)cc1. The van der Waals surface area contributed by atoms with Gasteiger partial charge < -0.3 is 4.79 Å². The van der Waals surface area contributed by atoms with Gasteiger partial charge >= 0.3 is 0 Å². The molecule has 0 saturated heterocycles. The lowest BCUT2D eigenvalue weighted by Gasteiger charge is -2.04. The average molecular weight is 364 g/mol. The van der Waals surface area contributed by atoms with Crippen molar-refractivity contribution in [2.24, 2.45) is 5.41 Å². The van der Waals surface area contributed by atoms with E-state index in [0.717, 1.165) is 6.07 Å². The van der Waals surface area contributed by atoms with E-state index in [-0.39, 0.29) is 4.90 Å². The number of nitrogens with zero attached hydrogens (tertiary/aromatic N) is 1. The highest BCUT2D eigenvalue weighted by Crippen LogP contribution is 2.62. The Balaban J connectivity index is 2.10. The maximum Gasteiger partial charge on any atom is 0.183 e. The van der Waals surface area contributed by atoms with E-state index in [1.54, 1.807) is 0 Å². The van der Waals surface area contributed by atoms with Gasteiger partial charge in [0.25, 0.3) is 0 Å². The molecule has 2 aromatic carbocycles. The summed E-state index contributed by atoms with van der Waals surface area (Å²) in [6.07, 6.45) is 0.348. The monoisotopic (exact) mass is 363 g/mol. The quantitative estimate of drug-likeness (QED) is 0.782. The van der Waals surface area contributed by atoms with Crippen LogP contribution in [0.4, 0.5) is 4.39 Å². The van der Waals surface area contributed by atoms with Crippen molar-refractivity contribution in [1.29, 1.82) is 5.26 Å². The minimum atomic E-state index is -3.96. The molecule has 1 aliphatic rings. The first-order valence-electron chi connectivity index (χ1n) is 6.99. The normalized spacial score (nSPS) is 25.7. The summed E-state index contributed by atoms with van der Waals surface area (Å²) in [7, 11) is -3.96. The van der Waals surface area contributed by atoms with Gasteiger partial charge in [0.1, 0.15) is 22.8 Å². The van der Waals surface area contributed by atoms with Crippen LogP contribution in [0, 0.1) is 22.6 Å². The summed E-state index contributed by atoms with van der Waals surface area (Å²) in [5.41, 5.74) is -1.40. The summed E-state index contributed by atoms with van der Waals surface area (Å²) in [4.78, 5) is 11.5. The molecule has 1 saturated carbocycles. The van der Waals surface area contributed by atoms with Gasteiger partial charge in [-0.1, -0.05) is 23.7 Å². The smallest absolute Gasteiger partial charge is 0.183 e. The van der Waals surface area contributed by atoms with Crippen molar-refractivity contribution in [2.75, 3.05) is 0 Å². The van der Waals surface area contributed by atoms with Crippen LogP contribution in [0.5, 0.6) is 0 Å². The van der Waals surface area contributed by atoms with E-state index >= 15 is 0 Å². The van der Waals surface area contributed by atoms with Crippen LogP contribution in [0.1, 0.15) is 11.5 Å². The Morgan fingerprint density at radius 3 is 2.42 bits per heavy atom. The van der Waals surface area contributed by atoms with Crippen LogP contribution in [0.25, 0.3) is 0 Å². The van der Waals surface area contributed by atoms with E-state index in [1.165, 1.54) is 42.5 Å². The molecule has 0 bridgehead atoms. The molecule has 1 fully saturated rings.